The van der Waals surface area contributed by atoms with Crippen LogP contribution in [0.5, 0.6) is 0 Å². The largest absolute Gasteiger partial charge is 0.394 e. The standard InChI is InChI=1S/C3H8O2.HI/c1-3(5)2-4;/h3-5H,2H2,1H3;1H. The van der Waals surface area contributed by atoms with Gasteiger partial charge in [-0.3, -0.25) is 0 Å². The highest BCUT2D eigenvalue weighted by Gasteiger charge is 1.83. The number of hydrogen-bond acceptors (Lipinski definition) is 2. The zero-order valence-electron chi connectivity index (χ0n) is 3.59. The van der Waals surface area contributed by atoms with Crippen molar-refractivity contribution >= 4 is 24.0 Å². The minimum absolute atomic E-state index is 0. The van der Waals surface area contributed by atoms with Crippen molar-refractivity contribution in [3.63, 3.8) is 0 Å². The molecule has 1 unspecified atom stereocenters. The molecule has 0 spiro atoms. The van der Waals surface area contributed by atoms with Gasteiger partial charge < -0.3 is 10.2 Å². The van der Waals surface area contributed by atoms with E-state index in [1.54, 1.807) is 0 Å². The molecule has 0 aliphatic carbocycles. The molecule has 3 heteroatoms. The van der Waals surface area contributed by atoms with E-state index >= 15 is 0 Å². The molecule has 0 aromatic carbocycles. The predicted octanol–water partition coefficient (Wildman–Crippen LogP) is -0.0225. The molecule has 40 valence electrons. The Kier molecular flexibility index (Phi) is 9.25. The van der Waals surface area contributed by atoms with Crippen LogP contribution < -0.4 is 0 Å². The number of aliphatic hydroxyl groups is 2. The van der Waals surface area contributed by atoms with Crippen LogP contribution in [0.2, 0.25) is 0 Å². The van der Waals surface area contributed by atoms with Crippen molar-refractivity contribution in [1.29, 1.82) is 0 Å². The molecule has 0 bridgehead atoms. The van der Waals surface area contributed by atoms with Gasteiger partial charge in [-0.05, 0) is 6.92 Å². The summed E-state index contributed by atoms with van der Waals surface area (Å²) in [6.07, 6.45) is -0.560. The van der Waals surface area contributed by atoms with Gasteiger partial charge in [0.2, 0.25) is 0 Å². The maximum absolute atomic E-state index is 8.11. The second-order valence-electron chi connectivity index (χ2n) is 1.03. The first-order chi connectivity index (χ1) is 2.27. The van der Waals surface area contributed by atoms with Crippen molar-refractivity contribution in [2.45, 2.75) is 13.0 Å². The second-order valence-corrected chi connectivity index (χ2v) is 1.03. The van der Waals surface area contributed by atoms with Crippen molar-refractivity contribution < 1.29 is 10.2 Å². The fourth-order valence-electron chi connectivity index (χ4n) is 0. The average Bonchev–Trinajstić information content (AvgIpc) is 1.38. The first kappa shape index (κ1) is 9.82. The monoisotopic (exact) mass is 204 g/mol. The SMILES string of the molecule is CC(O)CO.I. The van der Waals surface area contributed by atoms with Crippen molar-refractivity contribution in [3.8, 4) is 0 Å². The quantitative estimate of drug-likeness (QED) is 0.589. The second kappa shape index (κ2) is 5.65. The lowest BCUT2D eigenvalue weighted by atomic mass is 10.5. The lowest BCUT2D eigenvalue weighted by Crippen LogP contribution is -2.03. The molecule has 0 aromatic rings. The minimum Gasteiger partial charge on any atom is -0.394 e. The molecule has 0 amide bonds. The van der Waals surface area contributed by atoms with Gasteiger partial charge in [-0.15, -0.1) is 24.0 Å². The molecule has 0 aliphatic rings. The molecule has 0 rings (SSSR count). The van der Waals surface area contributed by atoms with Crippen LogP contribution in [0, 0.1) is 0 Å². The lowest BCUT2D eigenvalue weighted by Gasteiger charge is -1.90. The number of aliphatic hydroxyl groups excluding tert-OH is 2. The first-order valence-corrected chi connectivity index (χ1v) is 1.56. The summed E-state index contributed by atoms with van der Waals surface area (Å²) in [5.74, 6) is 0. The zero-order chi connectivity index (χ0) is 4.28. The van der Waals surface area contributed by atoms with E-state index in [0.29, 0.717) is 0 Å². The van der Waals surface area contributed by atoms with Gasteiger partial charge in [0.1, 0.15) is 0 Å². The number of rotatable bonds is 1. The van der Waals surface area contributed by atoms with Gasteiger partial charge >= 0.3 is 0 Å². The summed E-state index contributed by atoms with van der Waals surface area (Å²) >= 11 is 0. The van der Waals surface area contributed by atoms with E-state index in [1.807, 2.05) is 0 Å². The number of halogens is 1. The highest BCUT2D eigenvalue weighted by Crippen LogP contribution is 1.68. The third kappa shape index (κ3) is 8.82. The third-order valence-electron chi connectivity index (χ3n) is 0.264. The lowest BCUT2D eigenvalue weighted by molar-refractivity contribution is 0.110. The Hall–Kier alpha value is 0.650. The minimum atomic E-state index is -0.560. The third-order valence-corrected chi connectivity index (χ3v) is 0.264. The molecule has 6 heavy (non-hydrogen) atoms. The highest BCUT2D eigenvalue weighted by molar-refractivity contribution is 14.0. The van der Waals surface area contributed by atoms with E-state index in [4.69, 9.17) is 10.2 Å². The van der Waals surface area contributed by atoms with Crippen LogP contribution in [-0.4, -0.2) is 22.9 Å². The van der Waals surface area contributed by atoms with Crippen LogP contribution in [-0.2, 0) is 0 Å². The van der Waals surface area contributed by atoms with Crippen LogP contribution >= 0.6 is 24.0 Å². The normalized spacial score (nSPS) is 12.5. The molecule has 0 fully saturated rings. The van der Waals surface area contributed by atoms with E-state index in [2.05, 4.69) is 0 Å². The van der Waals surface area contributed by atoms with Gasteiger partial charge in [-0.1, -0.05) is 0 Å². The van der Waals surface area contributed by atoms with E-state index in [1.165, 1.54) is 6.92 Å². The molecule has 2 N–H and O–H groups in total. The van der Waals surface area contributed by atoms with Gasteiger partial charge in [0, 0.05) is 0 Å². The molecular weight excluding hydrogens is 195 g/mol. The Morgan fingerprint density at radius 3 is 1.83 bits per heavy atom. The first-order valence-electron chi connectivity index (χ1n) is 1.56. The van der Waals surface area contributed by atoms with Crippen LogP contribution in [0.4, 0.5) is 0 Å². The topological polar surface area (TPSA) is 40.5 Å². The van der Waals surface area contributed by atoms with Crippen molar-refractivity contribution in [2.24, 2.45) is 0 Å². The summed E-state index contributed by atoms with van der Waals surface area (Å²) in [5, 5.41) is 16.0. The smallest absolute Gasteiger partial charge is 0.0742 e. The maximum Gasteiger partial charge on any atom is 0.0742 e. The Morgan fingerprint density at radius 2 is 1.83 bits per heavy atom. The van der Waals surface area contributed by atoms with Gasteiger partial charge in [0.15, 0.2) is 0 Å². The van der Waals surface area contributed by atoms with Gasteiger partial charge in [-0.2, -0.15) is 0 Å². The molecule has 0 heterocycles. The fourth-order valence-corrected chi connectivity index (χ4v) is 0. The molecule has 2 nitrogen and oxygen atoms in total. The molecule has 0 radical (unpaired) electrons. The molecule has 1 atom stereocenters. The fraction of sp³-hybridized carbons (Fsp3) is 1.00. The van der Waals surface area contributed by atoms with E-state index in [0.717, 1.165) is 0 Å². The van der Waals surface area contributed by atoms with E-state index in [-0.39, 0.29) is 30.6 Å². The van der Waals surface area contributed by atoms with Crippen LogP contribution in [0.25, 0.3) is 0 Å². The summed E-state index contributed by atoms with van der Waals surface area (Å²) in [4.78, 5) is 0. The van der Waals surface area contributed by atoms with E-state index in [9.17, 15) is 0 Å². The molecule has 0 saturated heterocycles. The zero-order valence-corrected chi connectivity index (χ0v) is 5.92. The van der Waals surface area contributed by atoms with Gasteiger partial charge in [0.25, 0.3) is 0 Å². The van der Waals surface area contributed by atoms with Gasteiger partial charge in [0.05, 0.1) is 12.7 Å². The molecule has 0 saturated carbocycles. The molecule has 0 aromatic heterocycles. The summed E-state index contributed by atoms with van der Waals surface area (Å²) in [5.41, 5.74) is 0. The molecular formula is C3H9IO2. The summed E-state index contributed by atoms with van der Waals surface area (Å²) in [6, 6.07) is 0. The maximum atomic E-state index is 8.11. The Balaban J connectivity index is 0. The predicted molar refractivity (Wildman–Crippen MR) is 34.2 cm³/mol. The number of hydrogen-bond donors (Lipinski definition) is 2. The molecule has 0 aliphatic heterocycles. The van der Waals surface area contributed by atoms with Crippen molar-refractivity contribution in [3.05, 3.63) is 0 Å². The van der Waals surface area contributed by atoms with Crippen molar-refractivity contribution in [2.75, 3.05) is 6.61 Å². The summed E-state index contributed by atoms with van der Waals surface area (Å²) in [7, 11) is 0. The van der Waals surface area contributed by atoms with Crippen LogP contribution in [0.1, 0.15) is 6.92 Å². The van der Waals surface area contributed by atoms with Gasteiger partial charge in [-0.25, -0.2) is 0 Å². The van der Waals surface area contributed by atoms with Crippen molar-refractivity contribution in [1.82, 2.24) is 0 Å². The Labute approximate surface area is 54.2 Å². The van der Waals surface area contributed by atoms with Crippen LogP contribution in [0.3, 0.4) is 0 Å². The summed E-state index contributed by atoms with van der Waals surface area (Å²) < 4.78 is 0. The highest BCUT2D eigenvalue weighted by atomic mass is 127. The van der Waals surface area contributed by atoms with E-state index < -0.39 is 6.10 Å². The Morgan fingerprint density at radius 1 is 1.67 bits per heavy atom. The Bertz CT molecular complexity index is 22.8. The average molecular weight is 204 g/mol. The summed E-state index contributed by atoms with van der Waals surface area (Å²) in [6.45, 7) is 1.39. The van der Waals surface area contributed by atoms with Crippen LogP contribution in [0.15, 0.2) is 0 Å².